The SMILES string of the molecule is COc1cc(OC)cc(N(C[C@@H](OC(C)=O)C(F)F)c2ccc3ncc(-c4cnn(C)c4)nc3c2)c1. The van der Waals surface area contributed by atoms with E-state index in [1.54, 1.807) is 65.4 Å². The van der Waals surface area contributed by atoms with Crippen LogP contribution in [-0.2, 0) is 16.6 Å². The number of hydrogen-bond donors (Lipinski definition) is 0. The number of benzene rings is 2. The molecule has 4 aromatic rings. The maximum absolute atomic E-state index is 13.9. The van der Waals surface area contributed by atoms with E-state index in [4.69, 9.17) is 19.2 Å². The third-order valence-corrected chi connectivity index (χ3v) is 5.45. The molecule has 0 saturated carbocycles. The number of ether oxygens (including phenoxy) is 3. The standard InChI is InChI=1S/C25H25F2N5O4/c1-15(33)36-24(25(26)27)14-32(18-7-19(34-3)10-20(8-18)35-4)17-5-6-21-22(9-17)30-23(12-28-21)16-11-29-31(2)13-16/h5-13,24-25H,14H2,1-4H3/t24-/m1/s1. The van der Waals surface area contributed by atoms with Gasteiger partial charge in [-0.1, -0.05) is 0 Å². The maximum atomic E-state index is 13.9. The molecule has 4 rings (SSSR count). The van der Waals surface area contributed by atoms with Gasteiger partial charge in [0, 0.05) is 55.3 Å². The highest BCUT2D eigenvalue weighted by molar-refractivity contribution is 5.82. The summed E-state index contributed by atoms with van der Waals surface area (Å²) in [5.74, 6) is 0.138. The Morgan fingerprint density at radius 1 is 1.03 bits per heavy atom. The molecule has 1 atom stereocenters. The molecule has 0 spiro atoms. The number of rotatable bonds is 9. The van der Waals surface area contributed by atoms with Gasteiger partial charge in [0.25, 0.3) is 6.43 Å². The largest absolute Gasteiger partial charge is 0.497 e. The second-order valence-electron chi connectivity index (χ2n) is 7.99. The smallest absolute Gasteiger partial charge is 0.303 e. The molecule has 2 aromatic carbocycles. The second-order valence-corrected chi connectivity index (χ2v) is 7.99. The van der Waals surface area contributed by atoms with Crippen molar-refractivity contribution in [2.45, 2.75) is 19.5 Å². The van der Waals surface area contributed by atoms with Crippen molar-refractivity contribution in [2.24, 2.45) is 7.05 Å². The molecule has 0 aliphatic rings. The Kier molecular flexibility index (Phi) is 7.28. The molecule has 9 nitrogen and oxygen atoms in total. The molecule has 0 saturated heterocycles. The van der Waals surface area contributed by atoms with E-state index in [-0.39, 0.29) is 6.54 Å². The Morgan fingerprint density at radius 3 is 2.33 bits per heavy atom. The van der Waals surface area contributed by atoms with E-state index in [0.29, 0.717) is 39.6 Å². The Balaban J connectivity index is 1.82. The van der Waals surface area contributed by atoms with Gasteiger partial charge < -0.3 is 19.1 Å². The first-order chi connectivity index (χ1) is 17.3. The van der Waals surface area contributed by atoms with Gasteiger partial charge in [0.05, 0.1) is 49.9 Å². The van der Waals surface area contributed by atoms with Gasteiger partial charge in [0.1, 0.15) is 11.5 Å². The first-order valence-corrected chi connectivity index (χ1v) is 11.0. The summed E-state index contributed by atoms with van der Waals surface area (Å²) in [7, 11) is 4.80. The van der Waals surface area contributed by atoms with Crippen LogP contribution >= 0.6 is 0 Å². The van der Waals surface area contributed by atoms with Crippen LogP contribution in [0.4, 0.5) is 20.2 Å². The lowest BCUT2D eigenvalue weighted by molar-refractivity contribution is -0.153. The number of anilines is 2. The van der Waals surface area contributed by atoms with Crippen LogP contribution in [0.1, 0.15) is 6.92 Å². The van der Waals surface area contributed by atoms with Gasteiger partial charge in [0.15, 0.2) is 6.10 Å². The predicted octanol–water partition coefficient (Wildman–Crippen LogP) is 4.38. The topological polar surface area (TPSA) is 91.6 Å². The van der Waals surface area contributed by atoms with E-state index in [9.17, 15) is 13.6 Å². The van der Waals surface area contributed by atoms with Crippen LogP contribution in [0.5, 0.6) is 11.5 Å². The fourth-order valence-corrected chi connectivity index (χ4v) is 3.73. The minimum atomic E-state index is -2.90. The molecule has 0 aliphatic carbocycles. The first-order valence-electron chi connectivity index (χ1n) is 11.0. The number of hydrogen-bond acceptors (Lipinski definition) is 8. The number of halogens is 2. The predicted molar refractivity (Wildman–Crippen MR) is 130 cm³/mol. The highest BCUT2D eigenvalue weighted by Crippen LogP contribution is 2.35. The molecule has 2 aromatic heterocycles. The van der Waals surface area contributed by atoms with Gasteiger partial charge in [-0.2, -0.15) is 5.10 Å². The average molecular weight is 498 g/mol. The van der Waals surface area contributed by atoms with Crippen molar-refractivity contribution < 1.29 is 27.8 Å². The highest BCUT2D eigenvalue weighted by atomic mass is 19.3. The highest BCUT2D eigenvalue weighted by Gasteiger charge is 2.28. The lowest BCUT2D eigenvalue weighted by Crippen LogP contribution is -2.37. The van der Waals surface area contributed by atoms with Crippen LogP contribution in [0.15, 0.2) is 55.0 Å². The summed E-state index contributed by atoms with van der Waals surface area (Å²) < 4.78 is 45.0. The molecule has 36 heavy (non-hydrogen) atoms. The zero-order valence-corrected chi connectivity index (χ0v) is 20.2. The monoisotopic (exact) mass is 497 g/mol. The summed E-state index contributed by atoms with van der Waals surface area (Å²) in [5, 5.41) is 4.17. The number of nitrogens with zero attached hydrogens (tertiary/aromatic N) is 5. The number of alkyl halides is 2. The van der Waals surface area contributed by atoms with Gasteiger partial charge in [-0.3, -0.25) is 14.5 Å². The Bertz CT molecular complexity index is 1360. The molecule has 0 fully saturated rings. The van der Waals surface area contributed by atoms with Crippen LogP contribution in [-0.4, -0.2) is 59.0 Å². The Morgan fingerprint density at radius 2 is 1.75 bits per heavy atom. The molecular weight excluding hydrogens is 472 g/mol. The molecule has 2 heterocycles. The van der Waals surface area contributed by atoms with Crippen LogP contribution < -0.4 is 14.4 Å². The van der Waals surface area contributed by atoms with Crippen molar-refractivity contribution in [2.75, 3.05) is 25.7 Å². The molecular formula is C25H25F2N5O4. The van der Waals surface area contributed by atoms with E-state index in [1.807, 2.05) is 6.20 Å². The van der Waals surface area contributed by atoms with Crippen LogP contribution in [0.2, 0.25) is 0 Å². The summed E-state index contributed by atoms with van der Waals surface area (Å²) in [6, 6.07) is 10.3. The van der Waals surface area contributed by atoms with E-state index in [2.05, 4.69) is 10.1 Å². The molecule has 0 bridgehead atoms. The number of fused-ring (bicyclic) bond motifs is 1. The van der Waals surface area contributed by atoms with Gasteiger partial charge in [0.2, 0.25) is 0 Å². The van der Waals surface area contributed by atoms with Crippen LogP contribution in [0.25, 0.3) is 22.3 Å². The van der Waals surface area contributed by atoms with Gasteiger partial charge in [-0.05, 0) is 18.2 Å². The van der Waals surface area contributed by atoms with E-state index < -0.39 is 18.5 Å². The molecule has 0 unspecified atom stereocenters. The summed E-state index contributed by atoms with van der Waals surface area (Å²) in [6.07, 6.45) is 0.573. The Labute approximate surface area is 206 Å². The fourth-order valence-electron chi connectivity index (χ4n) is 3.73. The van der Waals surface area contributed by atoms with Crippen molar-refractivity contribution in [3.63, 3.8) is 0 Å². The molecule has 188 valence electrons. The van der Waals surface area contributed by atoms with Crippen molar-refractivity contribution in [3.8, 4) is 22.8 Å². The van der Waals surface area contributed by atoms with Crippen molar-refractivity contribution in [1.29, 1.82) is 0 Å². The van der Waals surface area contributed by atoms with Crippen molar-refractivity contribution in [1.82, 2.24) is 19.7 Å². The third kappa shape index (κ3) is 5.51. The average Bonchev–Trinajstić information content (AvgIpc) is 3.31. The summed E-state index contributed by atoms with van der Waals surface area (Å²) in [4.78, 5) is 22.3. The molecule has 0 radical (unpaired) electrons. The van der Waals surface area contributed by atoms with Crippen molar-refractivity contribution >= 4 is 28.4 Å². The fraction of sp³-hybridized carbons (Fsp3) is 0.280. The second kappa shape index (κ2) is 10.5. The number of aromatic nitrogens is 4. The van der Waals surface area contributed by atoms with Gasteiger partial charge in [-0.15, -0.1) is 0 Å². The molecule has 0 aliphatic heterocycles. The van der Waals surface area contributed by atoms with E-state index in [1.165, 1.54) is 14.2 Å². The minimum Gasteiger partial charge on any atom is -0.497 e. The minimum absolute atomic E-state index is 0.325. The molecule has 0 amide bonds. The normalized spacial score (nSPS) is 12.0. The third-order valence-electron chi connectivity index (χ3n) is 5.45. The van der Waals surface area contributed by atoms with Crippen LogP contribution in [0, 0.1) is 0 Å². The zero-order chi connectivity index (χ0) is 25.8. The zero-order valence-electron chi connectivity index (χ0n) is 20.2. The number of methoxy groups -OCH3 is 2. The van der Waals surface area contributed by atoms with E-state index >= 15 is 0 Å². The van der Waals surface area contributed by atoms with Crippen LogP contribution in [0.3, 0.4) is 0 Å². The maximum Gasteiger partial charge on any atom is 0.303 e. The lowest BCUT2D eigenvalue weighted by Gasteiger charge is -2.29. The lowest BCUT2D eigenvalue weighted by atomic mass is 10.1. The first kappa shape index (κ1) is 24.8. The van der Waals surface area contributed by atoms with E-state index in [0.717, 1.165) is 12.5 Å². The van der Waals surface area contributed by atoms with Crippen molar-refractivity contribution in [3.05, 3.63) is 55.0 Å². The Hall–Kier alpha value is -4.28. The molecule has 0 N–H and O–H groups in total. The van der Waals surface area contributed by atoms with Gasteiger partial charge >= 0.3 is 5.97 Å². The quantitative estimate of drug-likeness (QED) is 0.315. The molecule has 11 heteroatoms. The van der Waals surface area contributed by atoms with Gasteiger partial charge in [-0.25, -0.2) is 13.8 Å². The summed E-state index contributed by atoms with van der Waals surface area (Å²) in [6.45, 7) is 0.772. The number of aryl methyl sites for hydroxylation is 1. The number of esters is 1. The number of carbonyl (C=O) groups excluding carboxylic acids is 1. The summed E-state index contributed by atoms with van der Waals surface area (Å²) in [5.41, 5.74) is 3.62. The summed E-state index contributed by atoms with van der Waals surface area (Å²) >= 11 is 0. The number of carbonyl (C=O) groups is 1.